The van der Waals surface area contributed by atoms with Crippen molar-refractivity contribution in [1.82, 2.24) is 0 Å². The lowest BCUT2D eigenvalue weighted by Crippen LogP contribution is -2.53. The molecule has 2 aromatic carbocycles. The maximum absolute atomic E-state index is 10.3. The van der Waals surface area contributed by atoms with Crippen LogP contribution in [0.2, 0.25) is 0 Å². The molecule has 0 fully saturated rings. The number of aromatic hydroxyl groups is 1. The van der Waals surface area contributed by atoms with Gasteiger partial charge in [0.25, 0.3) is 5.84 Å². The molecule has 0 aromatic heterocycles. The quantitative estimate of drug-likeness (QED) is 0.610. The number of fused-ring (bicyclic) bond motifs is 1. The fourth-order valence-corrected chi connectivity index (χ4v) is 3.45. The van der Waals surface area contributed by atoms with Crippen molar-refractivity contribution in [1.29, 1.82) is 0 Å². The van der Waals surface area contributed by atoms with Crippen LogP contribution in [0, 0.1) is 0 Å². The largest absolute Gasteiger partial charge is 0.504 e. The predicted molar refractivity (Wildman–Crippen MR) is 112 cm³/mol. The van der Waals surface area contributed by atoms with Crippen molar-refractivity contribution in [2.75, 3.05) is 0 Å². The third kappa shape index (κ3) is 2.91. The zero-order chi connectivity index (χ0) is 19.8. The SMILES string of the molecule is N[N+]12C=CN=CC1=C(C1=CC=C1)N=C2c1ccc(O)c(OCc2ccccc2)c1. The summed E-state index contributed by atoms with van der Waals surface area (Å²) in [5.41, 5.74) is 4.41. The molecule has 0 radical (unpaired) electrons. The van der Waals surface area contributed by atoms with Crippen molar-refractivity contribution in [3.05, 3.63) is 107 Å². The molecule has 142 valence electrons. The first-order valence-electron chi connectivity index (χ1n) is 9.26. The Bertz CT molecular complexity index is 1170. The molecule has 6 heteroatoms. The van der Waals surface area contributed by atoms with Gasteiger partial charge in [-0.3, -0.25) is 4.99 Å². The summed E-state index contributed by atoms with van der Waals surface area (Å²) in [6.07, 6.45) is 11.2. The fraction of sp³-hybridized carbons (Fsp3) is 0.0435. The van der Waals surface area contributed by atoms with E-state index in [1.165, 1.54) is 0 Å². The minimum atomic E-state index is -0.0765. The molecule has 5 rings (SSSR count). The lowest BCUT2D eigenvalue weighted by Gasteiger charge is -2.26. The molecule has 2 heterocycles. The zero-order valence-corrected chi connectivity index (χ0v) is 15.6. The van der Waals surface area contributed by atoms with Crippen molar-refractivity contribution >= 4 is 12.1 Å². The summed E-state index contributed by atoms with van der Waals surface area (Å²) < 4.78 is 5.79. The predicted octanol–water partition coefficient (Wildman–Crippen LogP) is 3.69. The van der Waals surface area contributed by atoms with E-state index in [0.29, 0.717) is 18.2 Å². The summed E-state index contributed by atoms with van der Waals surface area (Å²) in [4.78, 5) is 9.06. The molecule has 29 heavy (non-hydrogen) atoms. The van der Waals surface area contributed by atoms with Crippen LogP contribution < -0.4 is 10.6 Å². The lowest BCUT2D eigenvalue weighted by molar-refractivity contribution is -0.750. The van der Waals surface area contributed by atoms with E-state index in [1.807, 2.05) is 48.6 Å². The van der Waals surface area contributed by atoms with E-state index in [-0.39, 0.29) is 10.3 Å². The van der Waals surface area contributed by atoms with Crippen LogP contribution in [-0.2, 0) is 6.61 Å². The minimum Gasteiger partial charge on any atom is -0.504 e. The number of nitrogens with two attached hydrogens (primary N) is 1. The van der Waals surface area contributed by atoms with Crippen LogP contribution in [0.1, 0.15) is 11.1 Å². The van der Waals surface area contributed by atoms with Gasteiger partial charge < -0.3 is 9.84 Å². The van der Waals surface area contributed by atoms with Gasteiger partial charge in [-0.15, -0.1) is 4.59 Å². The molecule has 6 nitrogen and oxygen atoms in total. The van der Waals surface area contributed by atoms with E-state index in [1.54, 1.807) is 36.8 Å². The van der Waals surface area contributed by atoms with Gasteiger partial charge in [-0.05, 0) is 23.8 Å². The molecule has 0 saturated carbocycles. The Labute approximate surface area is 168 Å². The number of quaternary nitrogens is 1. The molecular formula is C23H19N4O2+. The van der Waals surface area contributed by atoms with E-state index in [4.69, 9.17) is 15.6 Å². The zero-order valence-electron chi connectivity index (χ0n) is 15.6. The number of aliphatic imine (C=N–C) groups is 2. The Kier molecular flexibility index (Phi) is 4.01. The topological polar surface area (TPSA) is 80.2 Å². The maximum atomic E-state index is 10.3. The normalized spacial score (nSPS) is 21.6. The van der Waals surface area contributed by atoms with Gasteiger partial charge in [0, 0.05) is 5.57 Å². The first-order valence-corrected chi connectivity index (χ1v) is 9.26. The summed E-state index contributed by atoms with van der Waals surface area (Å²) in [6, 6.07) is 15.0. The van der Waals surface area contributed by atoms with E-state index < -0.39 is 0 Å². The molecule has 3 aliphatic rings. The highest BCUT2D eigenvalue weighted by molar-refractivity contribution is 6.01. The lowest BCUT2D eigenvalue weighted by atomic mass is 10.0. The number of rotatable bonds is 5. The Morgan fingerprint density at radius 3 is 2.69 bits per heavy atom. The fourth-order valence-electron chi connectivity index (χ4n) is 3.45. The monoisotopic (exact) mass is 383 g/mol. The van der Waals surface area contributed by atoms with Crippen molar-refractivity contribution in [2.45, 2.75) is 6.61 Å². The van der Waals surface area contributed by atoms with Gasteiger partial charge in [0.1, 0.15) is 18.5 Å². The third-order valence-electron chi connectivity index (χ3n) is 5.07. The van der Waals surface area contributed by atoms with Crippen molar-refractivity contribution in [3.8, 4) is 11.5 Å². The first kappa shape index (κ1) is 17.4. The summed E-state index contributed by atoms with van der Waals surface area (Å²) in [5.74, 6) is 7.81. The maximum Gasteiger partial charge on any atom is 0.265 e. The number of phenols is 1. The molecule has 2 aliphatic heterocycles. The number of allylic oxidation sites excluding steroid dienone is 4. The molecule has 1 aliphatic carbocycles. The third-order valence-corrected chi connectivity index (χ3v) is 5.07. The van der Waals surface area contributed by atoms with Crippen LogP contribution >= 0.6 is 0 Å². The van der Waals surface area contributed by atoms with Crippen LogP contribution in [0.3, 0.4) is 0 Å². The number of hydrogen-bond acceptors (Lipinski definition) is 5. The van der Waals surface area contributed by atoms with E-state index in [9.17, 15) is 5.11 Å². The summed E-state index contributed by atoms with van der Waals surface area (Å²) in [7, 11) is 0. The molecule has 0 amide bonds. The number of amidine groups is 1. The van der Waals surface area contributed by atoms with Crippen LogP contribution in [-0.4, -0.2) is 21.7 Å². The Morgan fingerprint density at radius 1 is 1.10 bits per heavy atom. The molecule has 1 atom stereocenters. The van der Waals surface area contributed by atoms with Crippen LogP contribution in [0.5, 0.6) is 11.5 Å². The minimum absolute atomic E-state index is 0.0700. The number of ether oxygens (including phenoxy) is 1. The van der Waals surface area contributed by atoms with Crippen LogP contribution in [0.15, 0.2) is 106 Å². The molecule has 0 saturated heterocycles. The molecule has 1 unspecified atom stereocenters. The average molecular weight is 383 g/mol. The Balaban J connectivity index is 1.49. The number of hydrogen-bond donors (Lipinski definition) is 2. The second kappa shape index (κ2) is 6.70. The first-order chi connectivity index (χ1) is 14.1. The molecule has 3 N–H and O–H groups in total. The highest BCUT2D eigenvalue weighted by Crippen LogP contribution is 2.37. The van der Waals surface area contributed by atoms with Gasteiger partial charge in [-0.1, -0.05) is 48.6 Å². The smallest absolute Gasteiger partial charge is 0.265 e. The number of nitrogens with zero attached hydrogens (tertiary/aromatic N) is 3. The summed E-state index contributed by atoms with van der Waals surface area (Å²) in [6.45, 7) is 0.353. The number of phenolic OH excluding ortho intramolecular Hbond substituents is 1. The van der Waals surface area contributed by atoms with Crippen molar-refractivity contribution < 1.29 is 14.4 Å². The summed E-state index contributed by atoms with van der Waals surface area (Å²) in [5, 5.41) is 10.3. The second-order valence-electron chi connectivity index (χ2n) is 6.96. The summed E-state index contributed by atoms with van der Waals surface area (Å²) >= 11 is 0. The molecule has 0 spiro atoms. The highest BCUT2D eigenvalue weighted by atomic mass is 16.5. The molecule has 2 aromatic rings. The Morgan fingerprint density at radius 2 is 1.93 bits per heavy atom. The van der Waals surface area contributed by atoms with Gasteiger partial charge in [0.15, 0.2) is 11.5 Å². The second-order valence-corrected chi connectivity index (χ2v) is 6.96. The van der Waals surface area contributed by atoms with Gasteiger partial charge in [0.2, 0.25) is 5.70 Å². The number of benzene rings is 2. The van der Waals surface area contributed by atoms with E-state index in [2.05, 4.69) is 4.99 Å². The van der Waals surface area contributed by atoms with E-state index >= 15 is 0 Å². The van der Waals surface area contributed by atoms with Crippen LogP contribution in [0.25, 0.3) is 0 Å². The average Bonchev–Trinajstić information content (AvgIpc) is 3.00. The van der Waals surface area contributed by atoms with Gasteiger partial charge in [-0.25, -0.2) is 0 Å². The van der Waals surface area contributed by atoms with E-state index in [0.717, 1.165) is 28.1 Å². The standard InChI is InChI=1S/C23H18N4O2/c24-27-12-11-25-14-19(27)22(17-7-4-8-17)26-23(27)18-9-10-20(28)21(13-18)29-15-16-5-2-1-3-6-16/h1-14H,15,24H2/p+1. The van der Waals surface area contributed by atoms with Crippen LogP contribution in [0.4, 0.5) is 0 Å². The van der Waals surface area contributed by atoms with Crippen molar-refractivity contribution in [2.24, 2.45) is 15.8 Å². The Hall–Kier alpha value is -3.74. The highest BCUT2D eigenvalue weighted by Gasteiger charge is 2.45. The molecule has 0 bridgehead atoms. The van der Waals surface area contributed by atoms with Gasteiger partial charge in [0.05, 0.1) is 18.0 Å². The van der Waals surface area contributed by atoms with Crippen molar-refractivity contribution in [3.63, 3.8) is 0 Å². The van der Waals surface area contributed by atoms with Gasteiger partial charge >= 0.3 is 0 Å². The van der Waals surface area contributed by atoms with Gasteiger partial charge in [-0.2, -0.15) is 10.8 Å². The molecular weight excluding hydrogens is 364 g/mol.